The summed E-state index contributed by atoms with van der Waals surface area (Å²) in [4.78, 5) is 27.7. The third-order valence-electron chi connectivity index (χ3n) is 4.14. The van der Waals surface area contributed by atoms with Crippen LogP contribution in [0.1, 0.15) is 17.5 Å². The molecule has 2 amide bonds. The summed E-state index contributed by atoms with van der Waals surface area (Å²) in [6, 6.07) is 19.4. The smallest absolute Gasteiger partial charge is 0.267 e. The third-order valence-corrected chi connectivity index (χ3v) is 5.29. The first-order valence-electron chi connectivity index (χ1n) is 8.54. The third kappa shape index (κ3) is 4.06. The van der Waals surface area contributed by atoms with Gasteiger partial charge in [0, 0.05) is 26.0 Å². The lowest BCUT2D eigenvalue weighted by molar-refractivity contribution is -0.136. The van der Waals surface area contributed by atoms with Crippen LogP contribution in [0.5, 0.6) is 0 Å². The number of methoxy groups -OCH3 is 1. The number of imide groups is 1. The molecule has 0 radical (unpaired) electrons. The molecule has 134 valence electrons. The molecule has 2 aromatic carbocycles. The highest BCUT2D eigenvalue weighted by molar-refractivity contribution is 8.03. The second-order valence-corrected chi connectivity index (χ2v) is 6.94. The predicted molar refractivity (Wildman–Crippen MR) is 104 cm³/mol. The summed E-state index contributed by atoms with van der Waals surface area (Å²) in [7, 11) is 1.61. The van der Waals surface area contributed by atoms with Crippen LogP contribution in [-0.4, -0.2) is 37.0 Å². The van der Waals surface area contributed by atoms with E-state index < -0.39 is 0 Å². The molecule has 0 N–H and O–H groups in total. The molecule has 0 fully saturated rings. The van der Waals surface area contributed by atoms with Crippen LogP contribution in [0.3, 0.4) is 0 Å². The van der Waals surface area contributed by atoms with Gasteiger partial charge in [-0.15, -0.1) is 11.8 Å². The minimum atomic E-state index is -0.215. The molecule has 4 nitrogen and oxygen atoms in total. The van der Waals surface area contributed by atoms with Gasteiger partial charge in [-0.2, -0.15) is 0 Å². The highest BCUT2D eigenvalue weighted by Crippen LogP contribution is 2.37. The summed E-state index contributed by atoms with van der Waals surface area (Å²) < 4.78 is 5.05. The molecule has 1 aliphatic heterocycles. The Kier molecular flexibility index (Phi) is 6.26. The maximum atomic E-state index is 12.9. The predicted octanol–water partition coefficient (Wildman–Crippen LogP) is 3.74. The fraction of sp³-hybridized carbons (Fsp3) is 0.238. The van der Waals surface area contributed by atoms with Crippen molar-refractivity contribution in [2.24, 2.45) is 0 Å². The molecule has 3 rings (SSSR count). The van der Waals surface area contributed by atoms with Crippen molar-refractivity contribution in [2.45, 2.75) is 12.2 Å². The number of ether oxygens (including phenoxy) is 1. The Balaban J connectivity index is 1.87. The van der Waals surface area contributed by atoms with Gasteiger partial charge in [-0.1, -0.05) is 60.7 Å². The van der Waals surface area contributed by atoms with Gasteiger partial charge in [-0.05, 0) is 17.5 Å². The summed E-state index contributed by atoms with van der Waals surface area (Å²) in [5.74, 6) is 0.232. The van der Waals surface area contributed by atoms with Crippen LogP contribution in [-0.2, 0) is 20.1 Å². The van der Waals surface area contributed by atoms with Gasteiger partial charge in [0.05, 0.1) is 10.5 Å². The second kappa shape index (κ2) is 8.83. The van der Waals surface area contributed by atoms with Gasteiger partial charge in [0.2, 0.25) is 0 Å². The summed E-state index contributed by atoms with van der Waals surface area (Å²) in [6.45, 7) is 0.890. The summed E-state index contributed by atoms with van der Waals surface area (Å²) in [5.41, 5.74) is 2.42. The van der Waals surface area contributed by atoms with Gasteiger partial charge >= 0.3 is 0 Å². The Labute approximate surface area is 157 Å². The zero-order valence-corrected chi connectivity index (χ0v) is 15.5. The van der Waals surface area contributed by atoms with Crippen molar-refractivity contribution in [1.82, 2.24) is 4.90 Å². The van der Waals surface area contributed by atoms with Crippen molar-refractivity contribution in [3.63, 3.8) is 0 Å². The van der Waals surface area contributed by atoms with Crippen molar-refractivity contribution in [3.05, 3.63) is 76.7 Å². The molecule has 5 heteroatoms. The van der Waals surface area contributed by atoms with Crippen molar-refractivity contribution in [1.29, 1.82) is 0 Å². The lowest BCUT2D eigenvalue weighted by Crippen LogP contribution is -2.33. The minimum absolute atomic E-state index is 0.203. The first-order valence-corrected chi connectivity index (χ1v) is 9.52. The van der Waals surface area contributed by atoms with E-state index in [-0.39, 0.29) is 11.8 Å². The Morgan fingerprint density at radius 2 is 1.58 bits per heavy atom. The van der Waals surface area contributed by atoms with Gasteiger partial charge in [-0.3, -0.25) is 14.5 Å². The first kappa shape index (κ1) is 18.4. The Hall–Kier alpha value is -2.37. The number of thioether (sulfide) groups is 1. The molecule has 1 aliphatic rings. The molecule has 1 heterocycles. The molecule has 26 heavy (non-hydrogen) atoms. The number of carbonyl (C=O) groups excluding carboxylic acids is 2. The maximum Gasteiger partial charge on any atom is 0.267 e. The molecule has 0 bridgehead atoms. The zero-order valence-electron chi connectivity index (χ0n) is 14.7. The molecule has 0 saturated heterocycles. The van der Waals surface area contributed by atoms with E-state index in [4.69, 9.17) is 4.74 Å². The van der Waals surface area contributed by atoms with E-state index in [1.807, 2.05) is 60.7 Å². The van der Waals surface area contributed by atoms with Crippen LogP contribution < -0.4 is 0 Å². The minimum Gasteiger partial charge on any atom is -0.385 e. The van der Waals surface area contributed by atoms with Gasteiger partial charge in [0.15, 0.2) is 0 Å². The fourth-order valence-electron chi connectivity index (χ4n) is 2.85. The van der Waals surface area contributed by atoms with E-state index in [9.17, 15) is 9.59 Å². The molecular formula is C21H21NO3S. The normalized spacial score (nSPS) is 14.4. The quantitative estimate of drug-likeness (QED) is 0.527. The van der Waals surface area contributed by atoms with Crippen LogP contribution in [0.2, 0.25) is 0 Å². The number of hydrogen-bond acceptors (Lipinski definition) is 4. The average Bonchev–Trinajstić information content (AvgIpc) is 2.92. The van der Waals surface area contributed by atoms with Crippen LogP contribution in [0, 0.1) is 0 Å². The van der Waals surface area contributed by atoms with E-state index >= 15 is 0 Å². The Morgan fingerprint density at radius 3 is 2.23 bits per heavy atom. The highest BCUT2D eigenvalue weighted by atomic mass is 32.2. The number of hydrogen-bond donors (Lipinski definition) is 0. The maximum absolute atomic E-state index is 12.9. The van der Waals surface area contributed by atoms with E-state index in [1.54, 1.807) is 7.11 Å². The first-order chi connectivity index (χ1) is 12.7. The van der Waals surface area contributed by atoms with Gasteiger partial charge < -0.3 is 4.74 Å². The van der Waals surface area contributed by atoms with E-state index in [0.717, 1.165) is 11.1 Å². The number of benzene rings is 2. The molecule has 0 saturated carbocycles. The average molecular weight is 367 g/mol. The molecule has 0 atom stereocenters. The topological polar surface area (TPSA) is 46.6 Å². The van der Waals surface area contributed by atoms with Crippen molar-refractivity contribution >= 4 is 29.1 Å². The monoisotopic (exact) mass is 367 g/mol. The standard InChI is InChI=1S/C21H21NO3S/c1-25-14-8-13-22-20(23)18(17-11-6-3-7-12-17)19(21(22)24)26-15-16-9-4-2-5-10-16/h2-7,9-12H,8,13-15H2,1H3. The van der Waals surface area contributed by atoms with Crippen LogP contribution in [0.15, 0.2) is 65.6 Å². The summed E-state index contributed by atoms with van der Waals surface area (Å²) >= 11 is 1.43. The van der Waals surface area contributed by atoms with Gasteiger partial charge in [-0.25, -0.2) is 0 Å². The number of rotatable bonds is 8. The lowest BCUT2D eigenvalue weighted by Gasteiger charge is -2.14. The van der Waals surface area contributed by atoms with Crippen molar-refractivity contribution in [3.8, 4) is 0 Å². The molecule has 2 aromatic rings. The van der Waals surface area contributed by atoms with E-state index in [0.29, 0.717) is 35.8 Å². The summed E-state index contributed by atoms with van der Waals surface area (Å²) in [5, 5.41) is 0. The highest BCUT2D eigenvalue weighted by Gasteiger charge is 2.38. The van der Waals surface area contributed by atoms with E-state index in [1.165, 1.54) is 16.7 Å². The number of nitrogens with zero attached hydrogens (tertiary/aromatic N) is 1. The molecular weight excluding hydrogens is 346 g/mol. The fourth-order valence-corrected chi connectivity index (χ4v) is 3.93. The SMILES string of the molecule is COCCCN1C(=O)C(SCc2ccccc2)=C(c2ccccc2)C1=O. The summed E-state index contributed by atoms with van der Waals surface area (Å²) in [6.07, 6.45) is 0.632. The lowest BCUT2D eigenvalue weighted by atomic mass is 10.1. The van der Waals surface area contributed by atoms with Crippen LogP contribution in [0.4, 0.5) is 0 Å². The Bertz CT molecular complexity index is 803. The van der Waals surface area contributed by atoms with E-state index in [2.05, 4.69) is 0 Å². The molecule has 0 unspecified atom stereocenters. The largest absolute Gasteiger partial charge is 0.385 e. The van der Waals surface area contributed by atoms with Crippen molar-refractivity contribution < 1.29 is 14.3 Å². The van der Waals surface area contributed by atoms with Crippen LogP contribution >= 0.6 is 11.8 Å². The van der Waals surface area contributed by atoms with Gasteiger partial charge in [0.25, 0.3) is 11.8 Å². The molecule has 0 spiro atoms. The molecule has 0 aliphatic carbocycles. The zero-order chi connectivity index (χ0) is 18.4. The number of amides is 2. The Morgan fingerprint density at radius 1 is 0.923 bits per heavy atom. The van der Waals surface area contributed by atoms with Crippen molar-refractivity contribution in [2.75, 3.05) is 20.3 Å². The van der Waals surface area contributed by atoms with Gasteiger partial charge in [0.1, 0.15) is 0 Å². The number of carbonyl (C=O) groups is 2. The second-order valence-electron chi connectivity index (χ2n) is 5.95. The van der Waals surface area contributed by atoms with Crippen LogP contribution in [0.25, 0.3) is 5.57 Å². The molecule has 0 aromatic heterocycles.